The van der Waals surface area contributed by atoms with Crippen LogP contribution < -0.4 is 9.46 Å². The van der Waals surface area contributed by atoms with Crippen LogP contribution in [0, 0.1) is 0 Å². The van der Waals surface area contributed by atoms with Crippen LogP contribution in [0.5, 0.6) is 5.75 Å². The van der Waals surface area contributed by atoms with E-state index in [0.717, 1.165) is 0 Å². The van der Waals surface area contributed by atoms with Gasteiger partial charge in [0, 0.05) is 16.6 Å². The van der Waals surface area contributed by atoms with Crippen molar-refractivity contribution in [3.05, 3.63) is 53.0 Å². The molecule has 3 aromatic rings. The molecule has 0 spiro atoms. The highest BCUT2D eigenvalue weighted by atomic mass is 35.5. The van der Waals surface area contributed by atoms with Crippen LogP contribution in [0.4, 0.5) is 5.13 Å². The van der Waals surface area contributed by atoms with Gasteiger partial charge in [-0.05, 0) is 30.3 Å². The summed E-state index contributed by atoms with van der Waals surface area (Å²) in [5.74, 6) is 0.202. The molecule has 2 heterocycles. The van der Waals surface area contributed by atoms with Gasteiger partial charge in [0.05, 0.1) is 12.8 Å². The molecule has 0 fully saturated rings. The fourth-order valence-corrected chi connectivity index (χ4v) is 4.37. The molecular weight excluding hydrogens is 370 g/mol. The number of methoxy groups -OCH3 is 1. The zero-order valence-electron chi connectivity index (χ0n) is 12.4. The van der Waals surface area contributed by atoms with Crippen LogP contribution in [-0.2, 0) is 10.0 Å². The Morgan fingerprint density at radius 3 is 2.75 bits per heavy atom. The van der Waals surface area contributed by atoms with Crippen LogP contribution in [0.2, 0.25) is 5.02 Å². The summed E-state index contributed by atoms with van der Waals surface area (Å²) in [6.07, 6.45) is 1.65. The zero-order valence-corrected chi connectivity index (χ0v) is 14.8. The molecule has 0 aliphatic carbocycles. The fourth-order valence-electron chi connectivity index (χ4n) is 1.98. The van der Waals surface area contributed by atoms with Crippen molar-refractivity contribution in [2.24, 2.45) is 0 Å². The van der Waals surface area contributed by atoms with E-state index in [1.165, 1.54) is 30.6 Å². The van der Waals surface area contributed by atoms with E-state index in [9.17, 15) is 8.42 Å². The molecule has 24 heavy (non-hydrogen) atoms. The monoisotopic (exact) mass is 381 g/mol. The molecule has 0 amide bonds. The van der Waals surface area contributed by atoms with Gasteiger partial charge in [-0.15, -0.1) is 11.3 Å². The van der Waals surface area contributed by atoms with Crippen LogP contribution in [-0.4, -0.2) is 25.5 Å². The zero-order chi connectivity index (χ0) is 17.2. The minimum absolute atomic E-state index is 0.0490. The van der Waals surface area contributed by atoms with Crippen molar-refractivity contribution < 1.29 is 13.2 Å². The lowest BCUT2D eigenvalue weighted by atomic mass is 10.3. The smallest absolute Gasteiger partial charge is 0.267 e. The van der Waals surface area contributed by atoms with Gasteiger partial charge in [-0.2, -0.15) is 0 Å². The molecule has 0 bridgehead atoms. The second-order valence-corrected chi connectivity index (χ2v) is 7.60. The van der Waals surface area contributed by atoms with Gasteiger partial charge in [-0.3, -0.25) is 9.71 Å². The molecule has 6 nitrogen and oxygen atoms in total. The van der Waals surface area contributed by atoms with Crippen molar-refractivity contribution in [1.29, 1.82) is 0 Å². The molecule has 124 valence electrons. The van der Waals surface area contributed by atoms with Gasteiger partial charge in [0.15, 0.2) is 5.13 Å². The number of aromatic nitrogens is 2. The van der Waals surface area contributed by atoms with E-state index in [2.05, 4.69) is 14.7 Å². The number of rotatable bonds is 5. The Hall–Kier alpha value is -2.16. The lowest BCUT2D eigenvalue weighted by Gasteiger charge is -2.10. The number of pyridine rings is 1. The lowest BCUT2D eigenvalue weighted by Crippen LogP contribution is -2.14. The lowest BCUT2D eigenvalue weighted by molar-refractivity contribution is 0.403. The van der Waals surface area contributed by atoms with E-state index in [0.29, 0.717) is 16.4 Å². The first kappa shape index (κ1) is 16.7. The first-order valence-electron chi connectivity index (χ1n) is 6.73. The van der Waals surface area contributed by atoms with E-state index in [1.54, 1.807) is 29.8 Å². The predicted octanol–water partition coefficient (Wildman–Crippen LogP) is 3.67. The minimum Gasteiger partial charge on any atom is -0.495 e. The molecule has 2 aromatic heterocycles. The molecule has 0 aliphatic rings. The van der Waals surface area contributed by atoms with Crippen LogP contribution in [0.1, 0.15) is 0 Å². The van der Waals surface area contributed by atoms with Crippen LogP contribution in [0.25, 0.3) is 11.4 Å². The summed E-state index contributed by atoms with van der Waals surface area (Å²) >= 11 is 7.07. The summed E-state index contributed by atoms with van der Waals surface area (Å²) in [7, 11) is -2.49. The fraction of sp³-hybridized carbons (Fsp3) is 0.0667. The van der Waals surface area contributed by atoms with Crippen molar-refractivity contribution in [3.63, 3.8) is 0 Å². The molecule has 0 atom stereocenters. The van der Waals surface area contributed by atoms with E-state index >= 15 is 0 Å². The molecule has 1 aromatic carbocycles. The number of nitrogens with one attached hydrogen (secondary N) is 1. The first-order valence-corrected chi connectivity index (χ1v) is 9.47. The number of nitrogens with zero attached hydrogens (tertiary/aromatic N) is 2. The number of hydrogen-bond acceptors (Lipinski definition) is 6. The molecule has 0 saturated heterocycles. The number of anilines is 1. The van der Waals surface area contributed by atoms with Gasteiger partial charge in [-0.25, -0.2) is 13.4 Å². The van der Waals surface area contributed by atoms with E-state index in [1.807, 2.05) is 6.07 Å². The quantitative estimate of drug-likeness (QED) is 0.729. The molecule has 0 unspecified atom stereocenters. The standard InChI is InChI=1S/C15H12ClN3O3S2/c1-22-13-6-5-10(16)8-14(13)24(20,21)19-15-18-12(9-23-15)11-4-2-3-7-17-11/h2-9H,1H3,(H,18,19). The summed E-state index contributed by atoms with van der Waals surface area (Å²) in [4.78, 5) is 8.40. The largest absolute Gasteiger partial charge is 0.495 e. The average molecular weight is 382 g/mol. The Balaban J connectivity index is 1.91. The number of ether oxygens (including phenoxy) is 1. The van der Waals surface area contributed by atoms with Crippen LogP contribution in [0.3, 0.4) is 0 Å². The van der Waals surface area contributed by atoms with Crippen molar-refractivity contribution >= 4 is 38.1 Å². The molecule has 9 heteroatoms. The maximum Gasteiger partial charge on any atom is 0.267 e. The van der Waals surface area contributed by atoms with E-state index in [-0.39, 0.29) is 15.8 Å². The number of hydrogen-bond donors (Lipinski definition) is 1. The Morgan fingerprint density at radius 1 is 1.21 bits per heavy atom. The highest BCUT2D eigenvalue weighted by molar-refractivity contribution is 7.93. The number of halogens is 1. The highest BCUT2D eigenvalue weighted by Crippen LogP contribution is 2.30. The molecular formula is C15H12ClN3O3S2. The molecule has 0 aliphatic heterocycles. The van der Waals surface area contributed by atoms with Gasteiger partial charge in [0.1, 0.15) is 16.3 Å². The van der Waals surface area contributed by atoms with Gasteiger partial charge in [-0.1, -0.05) is 17.7 Å². The molecule has 0 radical (unpaired) electrons. The van der Waals surface area contributed by atoms with Crippen molar-refractivity contribution in [2.45, 2.75) is 4.90 Å². The number of sulfonamides is 1. The second-order valence-electron chi connectivity index (χ2n) is 4.65. The van der Waals surface area contributed by atoms with E-state index in [4.69, 9.17) is 16.3 Å². The average Bonchev–Trinajstić information content (AvgIpc) is 3.03. The maximum atomic E-state index is 12.6. The van der Waals surface area contributed by atoms with Crippen LogP contribution >= 0.6 is 22.9 Å². The second kappa shape index (κ2) is 6.76. The summed E-state index contributed by atoms with van der Waals surface area (Å²) in [5.41, 5.74) is 1.26. The van der Waals surface area contributed by atoms with Gasteiger partial charge < -0.3 is 4.74 Å². The Labute approximate surface area is 148 Å². The van der Waals surface area contributed by atoms with Gasteiger partial charge in [0.25, 0.3) is 10.0 Å². The van der Waals surface area contributed by atoms with Crippen molar-refractivity contribution in [3.8, 4) is 17.1 Å². The topological polar surface area (TPSA) is 81.2 Å². The van der Waals surface area contributed by atoms with Gasteiger partial charge >= 0.3 is 0 Å². The predicted molar refractivity (Wildman–Crippen MR) is 94.2 cm³/mol. The highest BCUT2D eigenvalue weighted by Gasteiger charge is 2.21. The number of benzene rings is 1. The molecule has 1 N–H and O–H groups in total. The third kappa shape index (κ3) is 3.50. The third-order valence-corrected chi connectivity index (χ3v) is 5.55. The van der Waals surface area contributed by atoms with E-state index < -0.39 is 10.0 Å². The van der Waals surface area contributed by atoms with Crippen molar-refractivity contribution in [2.75, 3.05) is 11.8 Å². The minimum atomic E-state index is -3.88. The van der Waals surface area contributed by atoms with Crippen molar-refractivity contribution in [1.82, 2.24) is 9.97 Å². The molecule has 3 rings (SSSR count). The van der Waals surface area contributed by atoms with Crippen LogP contribution in [0.15, 0.2) is 52.9 Å². The third-order valence-electron chi connectivity index (χ3n) is 3.07. The Kier molecular flexibility index (Phi) is 4.70. The Bertz CT molecular complexity index is 959. The normalized spacial score (nSPS) is 11.2. The summed E-state index contributed by atoms with van der Waals surface area (Å²) < 4.78 is 32.7. The summed E-state index contributed by atoms with van der Waals surface area (Å²) in [6.45, 7) is 0. The number of thiazole rings is 1. The summed E-state index contributed by atoms with van der Waals surface area (Å²) in [5, 5.41) is 2.26. The SMILES string of the molecule is COc1ccc(Cl)cc1S(=O)(=O)Nc1nc(-c2ccccn2)cs1. The Morgan fingerprint density at radius 2 is 2.04 bits per heavy atom. The molecule has 0 saturated carbocycles. The first-order chi connectivity index (χ1) is 11.5. The summed E-state index contributed by atoms with van der Waals surface area (Å²) in [6, 6.07) is 9.82. The maximum absolute atomic E-state index is 12.6. The van der Waals surface area contributed by atoms with Gasteiger partial charge in [0.2, 0.25) is 0 Å².